The van der Waals surface area contributed by atoms with Crippen molar-refractivity contribution in [3.05, 3.63) is 65.0 Å². The third kappa shape index (κ3) is 7.35. The number of carboxylic acids is 1. The molecule has 3 heterocycles. The van der Waals surface area contributed by atoms with Gasteiger partial charge in [-0.2, -0.15) is 18.4 Å². The van der Waals surface area contributed by atoms with Crippen molar-refractivity contribution < 1.29 is 27.9 Å². The number of carboxylic acid groups (broad SMARTS) is 1. The van der Waals surface area contributed by atoms with Gasteiger partial charge in [0.15, 0.2) is 0 Å². The van der Waals surface area contributed by atoms with Gasteiger partial charge >= 0.3 is 12.1 Å². The van der Waals surface area contributed by atoms with Gasteiger partial charge in [0.1, 0.15) is 5.52 Å². The average molecular weight is 542 g/mol. The van der Waals surface area contributed by atoms with Crippen LogP contribution >= 0.6 is 0 Å². The Bertz CT molecular complexity index is 1360. The predicted molar refractivity (Wildman–Crippen MR) is 138 cm³/mol. The number of amides is 1. The van der Waals surface area contributed by atoms with Crippen molar-refractivity contribution in [2.24, 2.45) is 5.92 Å². The van der Waals surface area contributed by atoms with Gasteiger partial charge in [-0.05, 0) is 86.4 Å². The number of halogens is 3. The average Bonchev–Trinajstić information content (AvgIpc) is 3.36. The van der Waals surface area contributed by atoms with Gasteiger partial charge in [0, 0.05) is 31.5 Å². The first kappa shape index (κ1) is 28.1. The Balaban J connectivity index is 0.000000448. The molecule has 39 heavy (non-hydrogen) atoms. The van der Waals surface area contributed by atoms with E-state index in [-0.39, 0.29) is 11.9 Å². The fourth-order valence-electron chi connectivity index (χ4n) is 5.23. The van der Waals surface area contributed by atoms with Crippen molar-refractivity contribution in [3.8, 4) is 6.07 Å². The summed E-state index contributed by atoms with van der Waals surface area (Å²) < 4.78 is 31.7. The number of aromatic nitrogens is 2. The van der Waals surface area contributed by atoms with Crippen LogP contribution < -0.4 is 5.32 Å². The molecule has 1 amide bonds. The maximum absolute atomic E-state index is 12.8. The molecule has 1 aliphatic heterocycles. The van der Waals surface area contributed by atoms with Gasteiger partial charge in [-0.1, -0.05) is 6.07 Å². The van der Waals surface area contributed by atoms with Gasteiger partial charge in [-0.3, -0.25) is 14.7 Å². The lowest BCUT2D eigenvalue weighted by Gasteiger charge is -2.33. The van der Waals surface area contributed by atoms with Gasteiger partial charge in [-0.25, -0.2) is 4.79 Å². The van der Waals surface area contributed by atoms with Crippen molar-refractivity contribution in [1.29, 1.82) is 5.26 Å². The maximum Gasteiger partial charge on any atom is 0.490 e. The molecule has 0 saturated heterocycles. The van der Waals surface area contributed by atoms with Crippen LogP contribution in [0.3, 0.4) is 0 Å². The molecule has 1 fully saturated rings. The highest BCUT2D eigenvalue weighted by atomic mass is 19.4. The highest BCUT2D eigenvalue weighted by molar-refractivity contribution is 6.05. The minimum Gasteiger partial charge on any atom is -0.475 e. The monoisotopic (exact) mass is 541 g/mol. The molecular formula is C28H30F3N5O3. The Kier molecular flexibility index (Phi) is 8.86. The van der Waals surface area contributed by atoms with Crippen LogP contribution in [-0.2, 0) is 17.8 Å². The van der Waals surface area contributed by atoms with E-state index in [1.807, 2.05) is 18.2 Å². The van der Waals surface area contributed by atoms with E-state index in [1.54, 1.807) is 12.4 Å². The lowest BCUT2D eigenvalue weighted by molar-refractivity contribution is -0.192. The minimum atomic E-state index is -5.08. The first-order valence-corrected chi connectivity index (χ1v) is 12.9. The van der Waals surface area contributed by atoms with E-state index < -0.39 is 12.1 Å². The third-order valence-electron chi connectivity index (χ3n) is 7.38. The molecule has 5 rings (SSSR count). The summed E-state index contributed by atoms with van der Waals surface area (Å²) in [5.41, 5.74) is 5.73. The number of fused-ring (bicyclic) bond motifs is 2. The van der Waals surface area contributed by atoms with Crippen molar-refractivity contribution in [2.45, 2.75) is 57.3 Å². The Morgan fingerprint density at radius 3 is 2.62 bits per heavy atom. The number of hydrogen-bond donors (Lipinski definition) is 3. The Labute approximate surface area is 223 Å². The van der Waals surface area contributed by atoms with Gasteiger partial charge in [0.25, 0.3) is 5.91 Å². The summed E-state index contributed by atoms with van der Waals surface area (Å²) in [6.07, 6.45) is 5.10. The topological polar surface area (TPSA) is 122 Å². The molecule has 8 nitrogen and oxygen atoms in total. The molecule has 1 aliphatic carbocycles. The normalized spacial score (nSPS) is 19.3. The molecule has 0 radical (unpaired) electrons. The number of alkyl halides is 3. The molecule has 11 heteroatoms. The number of hydrogen-bond acceptors (Lipinski definition) is 5. The largest absolute Gasteiger partial charge is 0.490 e. The number of aromatic amines is 1. The zero-order valence-corrected chi connectivity index (χ0v) is 21.3. The molecular weight excluding hydrogens is 511 g/mol. The summed E-state index contributed by atoms with van der Waals surface area (Å²) in [5.74, 6) is -2.06. The number of nitrogens with one attached hydrogen (secondary N) is 2. The number of aliphatic carboxylic acids is 1. The number of carbonyl (C=O) groups excluding carboxylic acids is 1. The van der Waals surface area contributed by atoms with E-state index in [9.17, 15) is 18.0 Å². The summed E-state index contributed by atoms with van der Waals surface area (Å²) >= 11 is 0. The van der Waals surface area contributed by atoms with Crippen molar-refractivity contribution in [2.75, 3.05) is 13.1 Å². The van der Waals surface area contributed by atoms with Crippen LogP contribution in [0.1, 0.15) is 59.2 Å². The van der Waals surface area contributed by atoms with Crippen molar-refractivity contribution in [3.63, 3.8) is 0 Å². The summed E-state index contributed by atoms with van der Waals surface area (Å²) in [6, 6.07) is 12.4. The second-order valence-electron chi connectivity index (χ2n) is 10.0. The second kappa shape index (κ2) is 12.3. The van der Waals surface area contributed by atoms with Crippen LogP contribution in [0.4, 0.5) is 13.2 Å². The standard InChI is InChI=1S/C26H29N5O.C2HF3O2/c27-15-19-3-6-20-10-13-31(17-21(20)14-19)12-9-18-4-7-22(8-5-18)30-26(32)23-16-29-24-2-1-11-28-25(23)24;3-2(4,5)1(6)7/h1-3,6,11,14,16,18,22,29H,4-5,7-10,12-13,17H2,(H,30,32);(H,6,7). The second-order valence-corrected chi connectivity index (χ2v) is 10.0. The quantitative estimate of drug-likeness (QED) is 0.426. The molecule has 2 aliphatic rings. The van der Waals surface area contributed by atoms with Crippen LogP contribution in [0.2, 0.25) is 0 Å². The van der Waals surface area contributed by atoms with E-state index in [4.69, 9.17) is 15.2 Å². The molecule has 0 unspecified atom stereocenters. The smallest absolute Gasteiger partial charge is 0.475 e. The van der Waals surface area contributed by atoms with Gasteiger partial charge in [-0.15, -0.1) is 0 Å². The molecule has 3 aromatic rings. The fraction of sp³-hybridized carbons (Fsp3) is 0.429. The first-order valence-electron chi connectivity index (χ1n) is 12.9. The fourth-order valence-corrected chi connectivity index (χ4v) is 5.23. The Morgan fingerprint density at radius 2 is 1.92 bits per heavy atom. The van der Waals surface area contributed by atoms with Crippen molar-refractivity contribution >= 4 is 22.9 Å². The molecule has 0 atom stereocenters. The van der Waals surface area contributed by atoms with Crippen LogP contribution in [0.15, 0.2) is 42.7 Å². The number of rotatable bonds is 5. The number of pyridine rings is 1. The van der Waals surface area contributed by atoms with Crippen LogP contribution in [0.25, 0.3) is 11.0 Å². The lowest BCUT2D eigenvalue weighted by atomic mass is 9.83. The van der Waals surface area contributed by atoms with E-state index in [0.717, 1.165) is 61.4 Å². The van der Waals surface area contributed by atoms with Crippen LogP contribution in [-0.4, -0.2) is 57.2 Å². The zero-order chi connectivity index (χ0) is 28.0. The summed E-state index contributed by atoms with van der Waals surface area (Å²) in [7, 11) is 0. The molecule has 1 aromatic carbocycles. The SMILES string of the molecule is N#Cc1ccc2c(c1)CN(CCC1CCC(NC(=O)c3c[nH]c4cccnc34)CC1)CC2.O=C(O)C(F)(F)F. The predicted octanol–water partition coefficient (Wildman–Crippen LogP) is 4.80. The number of nitrogens with zero attached hydrogens (tertiary/aromatic N) is 3. The van der Waals surface area contributed by atoms with Gasteiger partial charge < -0.3 is 15.4 Å². The van der Waals surface area contributed by atoms with E-state index in [0.29, 0.717) is 5.56 Å². The van der Waals surface area contributed by atoms with E-state index in [2.05, 4.69) is 38.4 Å². The molecule has 1 saturated carbocycles. The Morgan fingerprint density at radius 1 is 1.18 bits per heavy atom. The summed E-state index contributed by atoms with van der Waals surface area (Å²) in [6.45, 7) is 3.16. The van der Waals surface area contributed by atoms with E-state index in [1.165, 1.54) is 30.4 Å². The highest BCUT2D eigenvalue weighted by Crippen LogP contribution is 2.29. The Hall–Kier alpha value is -3.91. The number of benzene rings is 1. The molecule has 2 aromatic heterocycles. The number of H-pyrrole nitrogens is 1. The maximum atomic E-state index is 12.8. The zero-order valence-electron chi connectivity index (χ0n) is 21.3. The summed E-state index contributed by atoms with van der Waals surface area (Å²) in [4.78, 5) is 31.7. The van der Waals surface area contributed by atoms with Crippen LogP contribution in [0, 0.1) is 17.2 Å². The summed E-state index contributed by atoms with van der Waals surface area (Å²) in [5, 5.41) is 19.5. The van der Waals surface area contributed by atoms with Crippen LogP contribution in [0.5, 0.6) is 0 Å². The van der Waals surface area contributed by atoms with E-state index >= 15 is 0 Å². The van der Waals surface area contributed by atoms with Gasteiger partial charge in [0.05, 0.1) is 22.7 Å². The van der Waals surface area contributed by atoms with Crippen molar-refractivity contribution in [1.82, 2.24) is 20.2 Å². The number of nitriles is 1. The molecule has 0 bridgehead atoms. The lowest BCUT2D eigenvalue weighted by Crippen LogP contribution is -2.38. The van der Waals surface area contributed by atoms with Gasteiger partial charge in [0.2, 0.25) is 0 Å². The minimum absolute atomic E-state index is 0.0258. The molecule has 0 spiro atoms. The molecule has 206 valence electrons. The third-order valence-corrected chi connectivity index (χ3v) is 7.38. The molecule has 3 N–H and O–H groups in total. The first-order chi connectivity index (χ1) is 18.6. The number of carbonyl (C=O) groups is 2. The highest BCUT2D eigenvalue weighted by Gasteiger charge is 2.38.